The maximum Gasteiger partial charge on any atom is 0.336 e. The molecule has 0 bridgehead atoms. The summed E-state index contributed by atoms with van der Waals surface area (Å²) in [7, 11) is -4.07. The molecule has 0 atom stereocenters. The van der Waals surface area contributed by atoms with Gasteiger partial charge in [-0.2, -0.15) is 0 Å². The van der Waals surface area contributed by atoms with E-state index in [1.54, 1.807) is 5.38 Å². The van der Waals surface area contributed by atoms with Crippen molar-refractivity contribution in [1.29, 1.82) is 0 Å². The molecule has 0 aliphatic rings. The van der Waals surface area contributed by atoms with Crippen LogP contribution in [-0.4, -0.2) is 35.3 Å². The fourth-order valence-corrected chi connectivity index (χ4v) is 4.33. The van der Waals surface area contributed by atoms with Crippen LogP contribution in [0.15, 0.2) is 75.7 Å². The maximum absolute atomic E-state index is 12.5. The first-order valence-electron chi connectivity index (χ1n) is 8.89. The fourth-order valence-electron chi connectivity index (χ4n) is 2.67. The van der Waals surface area contributed by atoms with E-state index in [0.29, 0.717) is 17.2 Å². The molecule has 0 aliphatic carbocycles. The highest BCUT2D eigenvalue weighted by molar-refractivity contribution is 7.91. The first kappa shape index (κ1) is 19.9. The largest absolute Gasteiger partial charge is 0.412 e. The molecule has 30 heavy (non-hydrogen) atoms. The van der Waals surface area contributed by atoms with Crippen molar-refractivity contribution in [2.45, 2.75) is 11.6 Å². The van der Waals surface area contributed by atoms with E-state index < -0.39 is 26.7 Å². The minimum absolute atomic E-state index is 0.160. The molecule has 2 heterocycles. The molecule has 0 saturated heterocycles. The Balaban J connectivity index is 1.40. The zero-order chi connectivity index (χ0) is 21.0. The van der Waals surface area contributed by atoms with Crippen molar-refractivity contribution in [1.82, 2.24) is 15.2 Å². The summed E-state index contributed by atoms with van der Waals surface area (Å²) in [5, 5.41) is 11.4. The summed E-state index contributed by atoms with van der Waals surface area (Å²) in [4.78, 5) is 16.5. The minimum Gasteiger partial charge on any atom is -0.412 e. The van der Waals surface area contributed by atoms with Crippen molar-refractivity contribution in [2.24, 2.45) is 0 Å². The fraction of sp³-hybridized carbons (Fsp3) is 0.100. The minimum atomic E-state index is -4.07. The Hall–Kier alpha value is -3.37. The van der Waals surface area contributed by atoms with Gasteiger partial charge in [0.05, 0.1) is 12.1 Å². The van der Waals surface area contributed by atoms with E-state index in [4.69, 9.17) is 4.42 Å². The number of rotatable bonds is 7. The number of nitrogens with zero attached hydrogens (tertiary/aromatic N) is 3. The highest BCUT2D eigenvalue weighted by atomic mass is 32.2. The molecule has 10 heteroatoms. The van der Waals surface area contributed by atoms with Crippen LogP contribution in [0.5, 0.6) is 0 Å². The smallest absolute Gasteiger partial charge is 0.336 e. The van der Waals surface area contributed by atoms with Crippen LogP contribution in [0.4, 0.5) is 5.13 Å². The molecule has 152 valence electrons. The van der Waals surface area contributed by atoms with Gasteiger partial charge in [0, 0.05) is 10.9 Å². The Morgan fingerprint density at radius 3 is 2.43 bits per heavy atom. The van der Waals surface area contributed by atoms with Crippen LogP contribution in [-0.2, 0) is 21.1 Å². The summed E-state index contributed by atoms with van der Waals surface area (Å²) in [6.07, 6.45) is 0.303. The second kappa shape index (κ2) is 8.56. The molecule has 2 aromatic carbocycles. The molecule has 4 aromatic rings. The van der Waals surface area contributed by atoms with Crippen LogP contribution >= 0.6 is 11.3 Å². The molecule has 0 spiro atoms. The van der Waals surface area contributed by atoms with Crippen LogP contribution in [0.1, 0.15) is 11.5 Å². The molecule has 2 aromatic heterocycles. The number of carbonyl (C=O) groups excluding carboxylic acids is 1. The number of aromatic nitrogens is 3. The highest BCUT2D eigenvalue weighted by Crippen LogP contribution is 2.24. The predicted molar refractivity (Wildman–Crippen MR) is 112 cm³/mol. The number of nitrogens with one attached hydrogen (secondary N) is 1. The number of amides is 1. The second-order valence-corrected chi connectivity index (χ2v) is 9.06. The van der Waals surface area contributed by atoms with Crippen LogP contribution in [0.25, 0.3) is 11.3 Å². The summed E-state index contributed by atoms with van der Waals surface area (Å²) in [6.45, 7) is 0. The summed E-state index contributed by atoms with van der Waals surface area (Å²) >= 11 is 1.21. The Bertz CT molecular complexity index is 1250. The number of anilines is 1. The Kier molecular flexibility index (Phi) is 5.68. The first-order valence-corrected chi connectivity index (χ1v) is 11.4. The van der Waals surface area contributed by atoms with Gasteiger partial charge in [0.25, 0.3) is 0 Å². The van der Waals surface area contributed by atoms with Crippen molar-refractivity contribution in [3.8, 4) is 11.3 Å². The quantitative estimate of drug-likeness (QED) is 0.469. The monoisotopic (exact) mass is 440 g/mol. The van der Waals surface area contributed by atoms with Gasteiger partial charge in [0.1, 0.15) is 5.75 Å². The summed E-state index contributed by atoms with van der Waals surface area (Å²) < 4.78 is 30.2. The van der Waals surface area contributed by atoms with E-state index in [-0.39, 0.29) is 5.89 Å². The zero-order valence-corrected chi connectivity index (χ0v) is 17.2. The van der Waals surface area contributed by atoms with Crippen molar-refractivity contribution in [2.75, 3.05) is 11.1 Å². The molecule has 1 N–H and O–H groups in total. The Morgan fingerprint density at radius 2 is 1.70 bits per heavy atom. The molecule has 8 nitrogen and oxygen atoms in total. The zero-order valence-electron chi connectivity index (χ0n) is 15.6. The number of hydrogen-bond acceptors (Lipinski definition) is 8. The van der Waals surface area contributed by atoms with Crippen molar-refractivity contribution < 1.29 is 17.6 Å². The van der Waals surface area contributed by atoms with Gasteiger partial charge in [-0.3, -0.25) is 4.79 Å². The van der Waals surface area contributed by atoms with Gasteiger partial charge in [0.2, 0.25) is 21.6 Å². The summed E-state index contributed by atoms with van der Waals surface area (Å²) in [6, 6.07) is 18.8. The SMILES string of the molecule is O=C(CS(=O)(=O)c1nnc(Cc2ccccc2)o1)Nc1nc(-c2ccccc2)cs1. The molecule has 4 rings (SSSR count). The lowest BCUT2D eigenvalue weighted by molar-refractivity contribution is -0.113. The van der Waals surface area contributed by atoms with E-state index in [0.717, 1.165) is 11.1 Å². The molecular formula is C20H16N4O4S2. The van der Waals surface area contributed by atoms with Crippen molar-refractivity contribution >= 4 is 32.2 Å². The molecule has 0 fully saturated rings. The lowest BCUT2D eigenvalue weighted by Gasteiger charge is -2.01. The van der Waals surface area contributed by atoms with Crippen LogP contribution < -0.4 is 5.32 Å². The van der Waals surface area contributed by atoms with Crippen LogP contribution in [0.2, 0.25) is 0 Å². The lowest BCUT2D eigenvalue weighted by Crippen LogP contribution is -2.23. The van der Waals surface area contributed by atoms with Crippen LogP contribution in [0.3, 0.4) is 0 Å². The molecule has 0 radical (unpaired) electrons. The average molecular weight is 441 g/mol. The highest BCUT2D eigenvalue weighted by Gasteiger charge is 2.26. The summed E-state index contributed by atoms with van der Waals surface area (Å²) in [5.74, 6) is -1.39. The third kappa shape index (κ3) is 4.78. The number of sulfone groups is 1. The first-order chi connectivity index (χ1) is 14.5. The molecule has 0 aliphatic heterocycles. The van der Waals surface area contributed by atoms with Crippen molar-refractivity contribution in [3.63, 3.8) is 0 Å². The van der Waals surface area contributed by atoms with Gasteiger partial charge in [0.15, 0.2) is 5.13 Å². The standard InChI is InChI=1S/C20H16N4O4S2/c25-17(22-19-21-16(12-29-19)15-9-5-2-6-10-15)13-30(26,27)20-24-23-18(28-20)11-14-7-3-1-4-8-14/h1-10,12H,11,13H2,(H,21,22,25). The topological polar surface area (TPSA) is 115 Å². The van der Waals surface area contributed by atoms with Gasteiger partial charge in [-0.25, -0.2) is 13.4 Å². The normalized spacial score (nSPS) is 11.3. The number of benzene rings is 2. The Morgan fingerprint density at radius 1 is 1.00 bits per heavy atom. The third-order valence-electron chi connectivity index (χ3n) is 4.05. The van der Waals surface area contributed by atoms with Gasteiger partial charge < -0.3 is 9.73 Å². The third-order valence-corrected chi connectivity index (χ3v) is 6.15. The number of hydrogen-bond donors (Lipinski definition) is 1. The van der Waals surface area contributed by atoms with E-state index in [2.05, 4.69) is 20.5 Å². The number of thiazole rings is 1. The molecule has 0 unspecified atom stereocenters. The molecule has 1 amide bonds. The lowest BCUT2D eigenvalue weighted by atomic mass is 10.2. The van der Waals surface area contributed by atoms with Gasteiger partial charge in [-0.15, -0.1) is 16.4 Å². The van der Waals surface area contributed by atoms with E-state index >= 15 is 0 Å². The summed E-state index contributed by atoms with van der Waals surface area (Å²) in [5.41, 5.74) is 2.50. The van der Waals surface area contributed by atoms with E-state index in [9.17, 15) is 13.2 Å². The Labute approximate surface area is 176 Å². The van der Waals surface area contributed by atoms with Gasteiger partial charge in [-0.1, -0.05) is 65.8 Å². The van der Waals surface area contributed by atoms with E-state index in [1.165, 1.54) is 11.3 Å². The molecular weight excluding hydrogens is 424 g/mol. The average Bonchev–Trinajstić information content (AvgIpc) is 3.39. The molecule has 0 saturated carbocycles. The van der Waals surface area contributed by atoms with Gasteiger partial charge in [-0.05, 0) is 5.56 Å². The van der Waals surface area contributed by atoms with Crippen LogP contribution in [0, 0.1) is 0 Å². The number of carbonyl (C=O) groups is 1. The van der Waals surface area contributed by atoms with Crippen molar-refractivity contribution in [3.05, 3.63) is 77.5 Å². The van der Waals surface area contributed by atoms with Gasteiger partial charge >= 0.3 is 5.22 Å². The second-order valence-electron chi connectivity index (χ2n) is 6.34. The predicted octanol–water partition coefficient (Wildman–Crippen LogP) is 3.20. The maximum atomic E-state index is 12.5. The van der Waals surface area contributed by atoms with E-state index in [1.807, 2.05) is 60.7 Å².